The van der Waals surface area contributed by atoms with Gasteiger partial charge in [0.15, 0.2) is 5.03 Å². The number of aromatic nitrogens is 2. The summed E-state index contributed by atoms with van der Waals surface area (Å²) < 4.78 is 15.1. The van der Waals surface area contributed by atoms with Gasteiger partial charge in [-0.3, -0.25) is 14.2 Å². The van der Waals surface area contributed by atoms with E-state index in [9.17, 15) is 14.0 Å². The van der Waals surface area contributed by atoms with E-state index in [0.717, 1.165) is 23.0 Å². The van der Waals surface area contributed by atoms with Crippen LogP contribution in [0.25, 0.3) is 5.69 Å². The van der Waals surface area contributed by atoms with Crippen molar-refractivity contribution in [2.45, 2.75) is 18.9 Å². The lowest BCUT2D eigenvalue weighted by molar-refractivity contribution is -0.113. The number of hydrogen-bond acceptors (Lipinski definition) is 4. The maximum absolute atomic E-state index is 13.6. The van der Waals surface area contributed by atoms with Gasteiger partial charge in [0.2, 0.25) is 5.91 Å². The molecule has 0 saturated carbocycles. The van der Waals surface area contributed by atoms with E-state index in [-0.39, 0.29) is 28.1 Å². The molecule has 0 spiro atoms. The summed E-state index contributed by atoms with van der Waals surface area (Å²) in [5.41, 5.74) is 2.37. The second-order valence-electron chi connectivity index (χ2n) is 6.05. The van der Waals surface area contributed by atoms with E-state index in [0.29, 0.717) is 11.3 Å². The van der Waals surface area contributed by atoms with Crippen molar-refractivity contribution in [1.29, 1.82) is 0 Å². The number of anilines is 1. The largest absolute Gasteiger partial charge is 0.325 e. The fourth-order valence-electron chi connectivity index (χ4n) is 2.48. The summed E-state index contributed by atoms with van der Waals surface area (Å²) in [6, 6.07) is 12.0. The minimum atomic E-state index is -0.383. The van der Waals surface area contributed by atoms with Crippen LogP contribution >= 0.6 is 11.8 Å². The molecule has 3 rings (SSSR count). The Hall–Kier alpha value is -2.93. The second kappa shape index (κ2) is 8.18. The molecule has 1 aromatic heterocycles. The van der Waals surface area contributed by atoms with Gasteiger partial charge < -0.3 is 5.32 Å². The quantitative estimate of drug-likeness (QED) is 0.682. The van der Waals surface area contributed by atoms with Gasteiger partial charge in [-0.25, -0.2) is 9.37 Å². The Morgan fingerprint density at radius 2 is 2.04 bits per heavy atom. The van der Waals surface area contributed by atoms with Crippen molar-refractivity contribution in [2.75, 3.05) is 11.1 Å². The molecule has 1 heterocycles. The van der Waals surface area contributed by atoms with E-state index in [1.54, 1.807) is 25.3 Å². The Morgan fingerprint density at radius 1 is 1.22 bits per heavy atom. The Bertz CT molecular complexity index is 1050. The maximum atomic E-state index is 13.6. The summed E-state index contributed by atoms with van der Waals surface area (Å²) in [7, 11) is 0. The van der Waals surface area contributed by atoms with E-state index in [1.165, 1.54) is 16.8 Å². The van der Waals surface area contributed by atoms with Crippen molar-refractivity contribution >= 4 is 23.4 Å². The Balaban J connectivity index is 1.71. The number of amides is 1. The molecule has 27 heavy (non-hydrogen) atoms. The molecule has 0 radical (unpaired) electrons. The molecule has 0 aliphatic heterocycles. The molecule has 0 bridgehead atoms. The maximum Gasteiger partial charge on any atom is 0.287 e. The molecule has 0 fully saturated rings. The zero-order valence-corrected chi connectivity index (χ0v) is 15.7. The van der Waals surface area contributed by atoms with Crippen LogP contribution in [-0.4, -0.2) is 21.2 Å². The van der Waals surface area contributed by atoms with Gasteiger partial charge in [0.25, 0.3) is 5.56 Å². The van der Waals surface area contributed by atoms with Crippen LogP contribution in [0.3, 0.4) is 0 Å². The monoisotopic (exact) mass is 383 g/mol. The second-order valence-corrected chi connectivity index (χ2v) is 7.01. The van der Waals surface area contributed by atoms with Crippen molar-refractivity contribution in [2.24, 2.45) is 0 Å². The summed E-state index contributed by atoms with van der Waals surface area (Å²) >= 11 is 1.04. The van der Waals surface area contributed by atoms with Gasteiger partial charge in [-0.15, -0.1) is 0 Å². The van der Waals surface area contributed by atoms with Crippen molar-refractivity contribution in [1.82, 2.24) is 9.55 Å². The minimum absolute atomic E-state index is 0.00440. The molecule has 3 aromatic rings. The smallest absolute Gasteiger partial charge is 0.287 e. The average Bonchev–Trinajstić information content (AvgIpc) is 2.64. The predicted molar refractivity (Wildman–Crippen MR) is 105 cm³/mol. The number of nitrogens with zero attached hydrogens (tertiary/aromatic N) is 2. The number of thioether (sulfide) groups is 1. The number of nitrogens with one attached hydrogen (secondary N) is 1. The van der Waals surface area contributed by atoms with Crippen molar-refractivity contribution in [3.8, 4) is 5.69 Å². The molecule has 1 N–H and O–H groups in total. The molecule has 5 nitrogen and oxygen atoms in total. The molecular formula is C20H18FN3O2S. The van der Waals surface area contributed by atoms with Crippen molar-refractivity contribution in [3.63, 3.8) is 0 Å². The molecule has 0 aliphatic rings. The van der Waals surface area contributed by atoms with Crippen LogP contribution in [0, 0.1) is 19.7 Å². The molecule has 0 atom stereocenters. The average molecular weight is 383 g/mol. The molecule has 2 aromatic carbocycles. The number of carbonyl (C=O) groups excluding carboxylic acids is 1. The number of hydrogen-bond donors (Lipinski definition) is 1. The third kappa shape index (κ3) is 4.62. The minimum Gasteiger partial charge on any atom is -0.325 e. The fourth-order valence-corrected chi connectivity index (χ4v) is 3.17. The van der Waals surface area contributed by atoms with Gasteiger partial charge in [0.1, 0.15) is 5.82 Å². The Labute approximate surface area is 160 Å². The molecular weight excluding hydrogens is 365 g/mol. The Kier molecular flexibility index (Phi) is 5.71. The van der Waals surface area contributed by atoms with Crippen LogP contribution in [-0.2, 0) is 4.79 Å². The van der Waals surface area contributed by atoms with Crippen LogP contribution < -0.4 is 10.9 Å². The number of halogens is 1. The molecule has 0 saturated heterocycles. The SMILES string of the molecule is Cc1cccc(-n2ccnc(SCC(=O)Nc3ccc(C)c(F)c3)c2=O)c1. The van der Waals surface area contributed by atoms with E-state index in [2.05, 4.69) is 10.3 Å². The summed E-state index contributed by atoms with van der Waals surface area (Å²) in [5, 5.41) is 2.84. The van der Waals surface area contributed by atoms with Gasteiger partial charge in [0.05, 0.1) is 5.75 Å². The molecule has 0 unspecified atom stereocenters. The predicted octanol–water partition coefficient (Wildman–Crippen LogP) is 3.72. The third-order valence-corrected chi connectivity index (χ3v) is 4.84. The summed E-state index contributed by atoms with van der Waals surface area (Å²) in [4.78, 5) is 28.8. The summed E-state index contributed by atoms with van der Waals surface area (Å²) in [6.07, 6.45) is 3.12. The number of rotatable bonds is 5. The van der Waals surface area contributed by atoms with Crippen molar-refractivity contribution in [3.05, 3.63) is 82.2 Å². The van der Waals surface area contributed by atoms with E-state index in [1.807, 2.05) is 31.2 Å². The number of aryl methyl sites for hydroxylation is 2. The lowest BCUT2D eigenvalue weighted by Gasteiger charge is -2.08. The zero-order valence-electron chi connectivity index (χ0n) is 14.9. The van der Waals surface area contributed by atoms with Crippen molar-refractivity contribution < 1.29 is 9.18 Å². The van der Waals surface area contributed by atoms with Gasteiger partial charge in [-0.1, -0.05) is 30.0 Å². The van der Waals surface area contributed by atoms with E-state index >= 15 is 0 Å². The van der Waals surface area contributed by atoms with Crippen LogP contribution in [0.5, 0.6) is 0 Å². The van der Waals surface area contributed by atoms with Gasteiger partial charge in [0, 0.05) is 23.8 Å². The Morgan fingerprint density at radius 3 is 2.78 bits per heavy atom. The van der Waals surface area contributed by atoms with Crippen LogP contribution in [0.15, 0.2) is 64.7 Å². The first-order valence-corrected chi connectivity index (χ1v) is 9.26. The molecule has 0 aliphatic carbocycles. The van der Waals surface area contributed by atoms with Crippen LogP contribution in [0.1, 0.15) is 11.1 Å². The highest BCUT2D eigenvalue weighted by molar-refractivity contribution is 7.99. The zero-order chi connectivity index (χ0) is 19.4. The highest BCUT2D eigenvalue weighted by atomic mass is 32.2. The molecule has 1 amide bonds. The lowest BCUT2D eigenvalue weighted by Crippen LogP contribution is -2.22. The fraction of sp³-hybridized carbons (Fsp3) is 0.150. The van der Waals surface area contributed by atoms with Gasteiger partial charge in [-0.2, -0.15) is 0 Å². The third-order valence-electron chi connectivity index (χ3n) is 3.88. The summed E-state index contributed by atoms with van der Waals surface area (Å²) in [6.45, 7) is 3.60. The van der Waals surface area contributed by atoms with Gasteiger partial charge in [-0.05, 0) is 49.2 Å². The topological polar surface area (TPSA) is 64.0 Å². The van der Waals surface area contributed by atoms with Crippen LogP contribution in [0.4, 0.5) is 10.1 Å². The highest BCUT2D eigenvalue weighted by Crippen LogP contribution is 2.16. The normalized spacial score (nSPS) is 10.6. The van der Waals surface area contributed by atoms with E-state index in [4.69, 9.17) is 0 Å². The van der Waals surface area contributed by atoms with Crippen LogP contribution in [0.2, 0.25) is 0 Å². The highest BCUT2D eigenvalue weighted by Gasteiger charge is 2.11. The van der Waals surface area contributed by atoms with Gasteiger partial charge >= 0.3 is 0 Å². The lowest BCUT2D eigenvalue weighted by atomic mass is 10.2. The first-order valence-electron chi connectivity index (χ1n) is 8.27. The number of benzene rings is 2. The first-order chi connectivity index (χ1) is 12.9. The molecule has 138 valence electrons. The number of carbonyl (C=O) groups is 1. The standard InChI is InChI=1S/C20H18FN3O2S/c1-13-4-3-5-16(10-13)24-9-8-22-19(20(24)26)27-12-18(25)23-15-7-6-14(2)17(21)11-15/h3-11H,12H2,1-2H3,(H,23,25). The first kappa shape index (κ1) is 18.8. The summed E-state index contributed by atoms with van der Waals surface area (Å²) in [5.74, 6) is -0.725. The van der Waals surface area contributed by atoms with E-state index < -0.39 is 0 Å². The molecule has 7 heteroatoms.